The van der Waals surface area contributed by atoms with Gasteiger partial charge in [-0.25, -0.2) is 0 Å². The van der Waals surface area contributed by atoms with Gasteiger partial charge in [0.15, 0.2) is 0 Å². The lowest BCUT2D eigenvalue weighted by Gasteiger charge is -2.24. The smallest absolute Gasteiger partial charge is 0.267 e. The summed E-state index contributed by atoms with van der Waals surface area (Å²) in [6.07, 6.45) is 1.83. The molecule has 0 saturated carbocycles. The first kappa shape index (κ1) is 13.4. The van der Waals surface area contributed by atoms with Crippen molar-refractivity contribution in [1.82, 2.24) is 14.5 Å². The van der Waals surface area contributed by atoms with Crippen LogP contribution in [0.15, 0.2) is 0 Å². The average Bonchev–Trinajstić information content (AvgIpc) is 2.95. The number of aliphatic hydroxyl groups excluding tert-OH is 1. The van der Waals surface area contributed by atoms with E-state index >= 15 is 0 Å². The summed E-state index contributed by atoms with van der Waals surface area (Å²) in [6, 6.07) is -0.0487. The molecule has 1 saturated heterocycles. The summed E-state index contributed by atoms with van der Waals surface area (Å²) >= 11 is 1.15. The highest BCUT2D eigenvalue weighted by Crippen LogP contribution is 2.29. The number of hydrogen-bond acceptors (Lipinski definition) is 5. The quantitative estimate of drug-likeness (QED) is 0.882. The van der Waals surface area contributed by atoms with Crippen molar-refractivity contribution in [2.45, 2.75) is 45.1 Å². The molecule has 0 radical (unpaired) electrons. The molecule has 1 aromatic heterocycles. The van der Waals surface area contributed by atoms with Crippen LogP contribution in [-0.4, -0.2) is 44.7 Å². The second kappa shape index (κ2) is 4.93. The maximum atomic E-state index is 12.5. The van der Waals surface area contributed by atoms with Crippen molar-refractivity contribution in [3.63, 3.8) is 0 Å². The summed E-state index contributed by atoms with van der Waals surface area (Å²) in [5.41, 5.74) is 0.563. The molecule has 0 bridgehead atoms. The maximum Gasteiger partial charge on any atom is 0.267 e. The van der Waals surface area contributed by atoms with Crippen molar-refractivity contribution in [3.05, 3.63) is 10.6 Å². The lowest BCUT2D eigenvalue weighted by atomic mass is 9.91. The lowest BCUT2D eigenvalue weighted by Crippen LogP contribution is -2.38. The van der Waals surface area contributed by atoms with Gasteiger partial charge in [0.25, 0.3) is 5.91 Å². The van der Waals surface area contributed by atoms with E-state index in [1.165, 1.54) is 0 Å². The number of carbonyl (C=O) groups is 1. The molecule has 100 valence electrons. The number of hydrogen-bond donors (Lipinski definition) is 1. The molecule has 1 atom stereocenters. The summed E-state index contributed by atoms with van der Waals surface area (Å²) in [4.78, 5) is 14.9. The first-order chi connectivity index (χ1) is 8.45. The molecule has 0 aliphatic carbocycles. The number of nitrogens with zero attached hydrogens (tertiary/aromatic N) is 3. The molecule has 0 unspecified atom stereocenters. The first-order valence-electron chi connectivity index (χ1n) is 6.20. The van der Waals surface area contributed by atoms with Crippen LogP contribution in [-0.2, 0) is 5.41 Å². The van der Waals surface area contributed by atoms with Crippen LogP contribution in [0.5, 0.6) is 0 Å². The normalized spacial score (nSPS) is 20.4. The standard InChI is InChI=1S/C12H19N3O2S/c1-12(2,3)10-9(18-14-13-10)11(17)15-6-4-5-8(15)7-16/h8,16H,4-7H2,1-3H3/t8-/m1/s1. The number of carbonyl (C=O) groups excluding carboxylic acids is 1. The van der Waals surface area contributed by atoms with Gasteiger partial charge in [-0.1, -0.05) is 25.3 Å². The molecule has 1 aliphatic rings. The van der Waals surface area contributed by atoms with Crippen molar-refractivity contribution >= 4 is 17.4 Å². The zero-order valence-electron chi connectivity index (χ0n) is 11.0. The van der Waals surface area contributed by atoms with E-state index in [0.717, 1.165) is 30.1 Å². The third kappa shape index (κ3) is 2.40. The number of aliphatic hydroxyl groups is 1. The van der Waals surface area contributed by atoms with E-state index in [-0.39, 0.29) is 24.0 Å². The van der Waals surface area contributed by atoms with Crippen LogP contribution in [0, 0.1) is 0 Å². The van der Waals surface area contributed by atoms with Gasteiger partial charge >= 0.3 is 0 Å². The largest absolute Gasteiger partial charge is 0.394 e. The van der Waals surface area contributed by atoms with Crippen LogP contribution < -0.4 is 0 Å². The minimum absolute atomic E-state index is 0.0306. The minimum atomic E-state index is -0.188. The predicted octanol–water partition coefficient (Wildman–Crippen LogP) is 1.43. The monoisotopic (exact) mass is 269 g/mol. The highest BCUT2D eigenvalue weighted by molar-refractivity contribution is 7.08. The van der Waals surface area contributed by atoms with Crippen LogP contribution >= 0.6 is 11.5 Å². The zero-order valence-corrected chi connectivity index (χ0v) is 11.8. The topological polar surface area (TPSA) is 66.3 Å². The van der Waals surface area contributed by atoms with Crippen LogP contribution in [0.1, 0.15) is 49.0 Å². The molecule has 0 aromatic carbocycles. The SMILES string of the molecule is CC(C)(C)c1nnsc1C(=O)N1CCC[C@@H]1CO. The maximum absolute atomic E-state index is 12.5. The number of aromatic nitrogens is 2. The highest BCUT2D eigenvalue weighted by Gasteiger charge is 2.34. The molecule has 5 nitrogen and oxygen atoms in total. The molecule has 1 N–H and O–H groups in total. The number of amides is 1. The summed E-state index contributed by atoms with van der Waals surface area (Å²) in [5, 5.41) is 13.4. The van der Waals surface area contributed by atoms with Crippen molar-refractivity contribution in [2.24, 2.45) is 0 Å². The van der Waals surface area contributed by atoms with Gasteiger partial charge in [0.2, 0.25) is 0 Å². The molecular formula is C12H19N3O2S. The molecule has 2 rings (SSSR count). The lowest BCUT2D eigenvalue weighted by molar-refractivity contribution is 0.0680. The Balaban J connectivity index is 2.27. The molecule has 0 spiro atoms. The fourth-order valence-electron chi connectivity index (χ4n) is 2.24. The molecule has 2 heterocycles. The Labute approximate surface area is 111 Å². The van der Waals surface area contributed by atoms with Crippen molar-refractivity contribution in [3.8, 4) is 0 Å². The second-order valence-corrected chi connectivity index (χ2v) is 6.43. The van der Waals surface area contributed by atoms with Gasteiger partial charge in [0.05, 0.1) is 18.3 Å². The van der Waals surface area contributed by atoms with Crippen LogP contribution in [0.25, 0.3) is 0 Å². The van der Waals surface area contributed by atoms with E-state index in [4.69, 9.17) is 0 Å². The Morgan fingerprint density at radius 3 is 2.89 bits per heavy atom. The predicted molar refractivity (Wildman–Crippen MR) is 69.8 cm³/mol. The Morgan fingerprint density at radius 1 is 1.56 bits per heavy atom. The van der Waals surface area contributed by atoms with E-state index in [0.29, 0.717) is 11.4 Å². The van der Waals surface area contributed by atoms with Gasteiger partial charge in [-0.05, 0) is 24.4 Å². The molecule has 6 heteroatoms. The van der Waals surface area contributed by atoms with Gasteiger partial charge in [-0.2, -0.15) is 0 Å². The van der Waals surface area contributed by atoms with Crippen molar-refractivity contribution in [1.29, 1.82) is 0 Å². The van der Waals surface area contributed by atoms with E-state index in [9.17, 15) is 9.90 Å². The van der Waals surface area contributed by atoms with Gasteiger partial charge in [0, 0.05) is 12.0 Å². The Hall–Kier alpha value is -1.01. The Morgan fingerprint density at radius 2 is 2.28 bits per heavy atom. The Bertz CT molecular complexity index is 439. The number of rotatable bonds is 2. The summed E-state index contributed by atoms with van der Waals surface area (Å²) in [6.45, 7) is 6.81. The van der Waals surface area contributed by atoms with Gasteiger partial charge in [0.1, 0.15) is 4.88 Å². The van der Waals surface area contributed by atoms with Crippen molar-refractivity contribution < 1.29 is 9.90 Å². The van der Waals surface area contributed by atoms with Crippen LogP contribution in [0.4, 0.5) is 0 Å². The van der Waals surface area contributed by atoms with Crippen LogP contribution in [0.2, 0.25) is 0 Å². The summed E-state index contributed by atoms with van der Waals surface area (Å²) in [5.74, 6) is -0.0357. The van der Waals surface area contributed by atoms with Crippen LogP contribution in [0.3, 0.4) is 0 Å². The zero-order chi connectivity index (χ0) is 13.3. The fraction of sp³-hybridized carbons (Fsp3) is 0.750. The average molecular weight is 269 g/mol. The van der Waals surface area contributed by atoms with Crippen molar-refractivity contribution in [2.75, 3.05) is 13.2 Å². The van der Waals surface area contributed by atoms with Gasteiger partial charge in [-0.15, -0.1) is 5.10 Å². The summed E-state index contributed by atoms with van der Waals surface area (Å²) in [7, 11) is 0. The van der Waals surface area contributed by atoms with Gasteiger partial charge in [-0.3, -0.25) is 4.79 Å². The third-order valence-electron chi connectivity index (χ3n) is 3.24. The Kier molecular flexibility index (Phi) is 3.68. The highest BCUT2D eigenvalue weighted by atomic mass is 32.1. The van der Waals surface area contributed by atoms with E-state index in [1.807, 2.05) is 20.8 Å². The molecular weight excluding hydrogens is 250 g/mol. The minimum Gasteiger partial charge on any atom is -0.394 e. The molecule has 1 amide bonds. The fourth-order valence-corrected chi connectivity index (χ4v) is 3.08. The summed E-state index contributed by atoms with van der Waals surface area (Å²) < 4.78 is 3.91. The number of likely N-dealkylation sites (tertiary alicyclic amines) is 1. The third-order valence-corrected chi connectivity index (χ3v) is 3.96. The molecule has 1 fully saturated rings. The first-order valence-corrected chi connectivity index (χ1v) is 6.97. The second-order valence-electron chi connectivity index (χ2n) is 5.68. The molecule has 1 aromatic rings. The van der Waals surface area contributed by atoms with Gasteiger partial charge < -0.3 is 10.0 Å². The van der Waals surface area contributed by atoms with E-state index < -0.39 is 0 Å². The van der Waals surface area contributed by atoms with E-state index in [1.54, 1.807) is 4.90 Å². The molecule has 18 heavy (non-hydrogen) atoms. The van der Waals surface area contributed by atoms with E-state index in [2.05, 4.69) is 9.59 Å². The molecule has 1 aliphatic heterocycles.